The summed E-state index contributed by atoms with van der Waals surface area (Å²) >= 11 is 3.28. The molecule has 0 saturated heterocycles. The Morgan fingerprint density at radius 3 is 3.09 bits per heavy atom. The van der Waals surface area contributed by atoms with Crippen LogP contribution in [0.5, 0.6) is 0 Å². The van der Waals surface area contributed by atoms with Crippen molar-refractivity contribution in [3.8, 4) is 0 Å². The molecule has 54 valence electrons. The smallest absolute Gasteiger partial charge is 0.108 e. The van der Waals surface area contributed by atoms with Crippen LogP contribution in [0.1, 0.15) is 0 Å². The fraction of sp³-hybridized carbons (Fsp3) is 0. The van der Waals surface area contributed by atoms with Crippen LogP contribution in [0.4, 0.5) is 0 Å². The van der Waals surface area contributed by atoms with Crippen molar-refractivity contribution >= 4 is 26.8 Å². The third kappa shape index (κ3) is 1.24. The van der Waals surface area contributed by atoms with Gasteiger partial charge in [0.1, 0.15) is 4.60 Å². The normalized spacial score (nSPS) is 10.3. The largest absolute Gasteiger partial charge is 0.256 e. The van der Waals surface area contributed by atoms with Crippen LogP contribution in [-0.4, -0.2) is 9.97 Å². The van der Waals surface area contributed by atoms with E-state index in [1.165, 1.54) is 0 Å². The van der Waals surface area contributed by atoms with Crippen molar-refractivity contribution in [2.75, 3.05) is 0 Å². The second-order valence-corrected chi connectivity index (χ2v) is 3.02. The molecule has 2 heterocycles. The highest BCUT2D eigenvalue weighted by Crippen LogP contribution is 2.13. The van der Waals surface area contributed by atoms with E-state index in [9.17, 15) is 0 Å². The van der Waals surface area contributed by atoms with E-state index in [4.69, 9.17) is 0 Å². The molecule has 0 radical (unpaired) electrons. The molecule has 2 nitrogen and oxygen atoms in total. The maximum absolute atomic E-state index is 4.17. The summed E-state index contributed by atoms with van der Waals surface area (Å²) in [6.45, 7) is 0. The Balaban J connectivity index is 2.83. The molecule has 0 atom stereocenters. The Morgan fingerprint density at radius 1 is 1.27 bits per heavy atom. The van der Waals surface area contributed by atoms with E-state index in [1.54, 1.807) is 12.4 Å². The van der Waals surface area contributed by atoms with Gasteiger partial charge in [-0.15, -0.1) is 0 Å². The molecule has 11 heavy (non-hydrogen) atoms. The minimum atomic E-state index is 0.823. The summed E-state index contributed by atoms with van der Waals surface area (Å²) in [7, 11) is 0. The first kappa shape index (κ1) is 6.73. The van der Waals surface area contributed by atoms with E-state index in [2.05, 4.69) is 25.9 Å². The van der Waals surface area contributed by atoms with E-state index >= 15 is 0 Å². The van der Waals surface area contributed by atoms with Gasteiger partial charge in [-0.05, 0) is 34.1 Å². The number of hydrogen-bond donors (Lipinski definition) is 0. The fourth-order valence-corrected chi connectivity index (χ4v) is 1.26. The first-order valence-electron chi connectivity index (χ1n) is 3.22. The lowest BCUT2D eigenvalue weighted by atomic mass is 10.3. The second kappa shape index (κ2) is 2.58. The highest BCUT2D eigenvalue weighted by Gasteiger charge is 1.93. The Hall–Kier alpha value is -0.960. The lowest BCUT2D eigenvalue weighted by molar-refractivity contribution is 1.28. The fourth-order valence-electron chi connectivity index (χ4n) is 0.941. The van der Waals surface area contributed by atoms with Crippen molar-refractivity contribution in [2.24, 2.45) is 0 Å². The Bertz CT molecular complexity index is 387. The number of halogens is 1. The van der Waals surface area contributed by atoms with Gasteiger partial charge in [-0.2, -0.15) is 0 Å². The molecule has 0 aromatic carbocycles. The number of rotatable bonds is 0. The average molecular weight is 209 g/mol. The highest BCUT2D eigenvalue weighted by molar-refractivity contribution is 9.10. The number of nitrogens with zero attached hydrogens (tertiary/aromatic N) is 2. The molecular formula is C8H5BrN2. The van der Waals surface area contributed by atoms with Gasteiger partial charge in [-0.1, -0.05) is 0 Å². The molecule has 2 aromatic heterocycles. The number of fused-ring (bicyclic) bond motifs is 1. The minimum Gasteiger partial charge on any atom is -0.256 e. The molecular weight excluding hydrogens is 204 g/mol. The monoisotopic (exact) mass is 208 g/mol. The van der Waals surface area contributed by atoms with Crippen molar-refractivity contribution in [3.63, 3.8) is 0 Å². The number of aromatic nitrogens is 2. The molecule has 0 fully saturated rings. The van der Waals surface area contributed by atoms with Crippen LogP contribution in [0.25, 0.3) is 10.9 Å². The van der Waals surface area contributed by atoms with Gasteiger partial charge < -0.3 is 0 Å². The maximum Gasteiger partial charge on any atom is 0.108 e. The van der Waals surface area contributed by atoms with Crippen LogP contribution in [0.2, 0.25) is 0 Å². The Labute approximate surface area is 72.4 Å². The van der Waals surface area contributed by atoms with Crippen LogP contribution in [-0.2, 0) is 0 Å². The van der Waals surface area contributed by atoms with E-state index in [0.717, 1.165) is 15.5 Å². The first-order valence-corrected chi connectivity index (χ1v) is 4.02. The molecule has 3 heteroatoms. The van der Waals surface area contributed by atoms with Gasteiger partial charge in [-0.25, -0.2) is 4.98 Å². The van der Waals surface area contributed by atoms with Crippen LogP contribution >= 0.6 is 15.9 Å². The van der Waals surface area contributed by atoms with Gasteiger partial charge in [0.15, 0.2) is 0 Å². The lowest BCUT2D eigenvalue weighted by Crippen LogP contribution is -1.79. The lowest BCUT2D eigenvalue weighted by Gasteiger charge is -1.94. The van der Waals surface area contributed by atoms with Crippen molar-refractivity contribution in [2.45, 2.75) is 0 Å². The zero-order valence-corrected chi connectivity index (χ0v) is 7.25. The highest BCUT2D eigenvalue weighted by atomic mass is 79.9. The van der Waals surface area contributed by atoms with Gasteiger partial charge in [0, 0.05) is 17.8 Å². The topological polar surface area (TPSA) is 25.8 Å². The third-order valence-corrected chi connectivity index (χ3v) is 1.89. The summed E-state index contributed by atoms with van der Waals surface area (Å²) in [5.41, 5.74) is 0.967. The summed E-state index contributed by atoms with van der Waals surface area (Å²) in [6, 6.07) is 5.79. The van der Waals surface area contributed by atoms with E-state index in [-0.39, 0.29) is 0 Å². The Morgan fingerprint density at radius 2 is 2.18 bits per heavy atom. The molecule has 0 aliphatic carbocycles. The van der Waals surface area contributed by atoms with Gasteiger partial charge in [-0.3, -0.25) is 4.98 Å². The Kier molecular flexibility index (Phi) is 1.58. The van der Waals surface area contributed by atoms with E-state index in [1.807, 2.05) is 18.2 Å². The average Bonchev–Trinajstić information content (AvgIpc) is 2.04. The van der Waals surface area contributed by atoms with Crippen molar-refractivity contribution in [1.29, 1.82) is 0 Å². The summed E-state index contributed by atoms with van der Waals surface area (Å²) in [5.74, 6) is 0. The zero-order valence-electron chi connectivity index (χ0n) is 5.66. The van der Waals surface area contributed by atoms with Crippen molar-refractivity contribution < 1.29 is 0 Å². The van der Waals surface area contributed by atoms with Crippen molar-refractivity contribution in [3.05, 3.63) is 35.2 Å². The van der Waals surface area contributed by atoms with Crippen LogP contribution in [0.15, 0.2) is 35.2 Å². The molecule has 0 N–H and O–H groups in total. The van der Waals surface area contributed by atoms with Gasteiger partial charge >= 0.3 is 0 Å². The summed E-state index contributed by atoms with van der Waals surface area (Å²) in [5, 5.41) is 1.07. The molecule has 0 aliphatic rings. The van der Waals surface area contributed by atoms with Gasteiger partial charge in [0.25, 0.3) is 0 Å². The van der Waals surface area contributed by atoms with Crippen LogP contribution in [0.3, 0.4) is 0 Å². The summed E-state index contributed by atoms with van der Waals surface area (Å²) in [6.07, 6.45) is 3.57. The van der Waals surface area contributed by atoms with E-state index < -0.39 is 0 Å². The number of hydrogen-bond acceptors (Lipinski definition) is 2. The zero-order chi connectivity index (χ0) is 7.68. The molecule has 0 amide bonds. The first-order chi connectivity index (χ1) is 5.36. The SMILES string of the molecule is Brc1cc2ncccc2cn1. The quantitative estimate of drug-likeness (QED) is 0.622. The maximum atomic E-state index is 4.17. The minimum absolute atomic E-state index is 0.823. The third-order valence-electron chi connectivity index (χ3n) is 1.45. The van der Waals surface area contributed by atoms with Crippen LogP contribution < -0.4 is 0 Å². The second-order valence-electron chi connectivity index (χ2n) is 2.20. The van der Waals surface area contributed by atoms with Gasteiger partial charge in [0.05, 0.1) is 5.52 Å². The summed E-state index contributed by atoms with van der Waals surface area (Å²) < 4.78 is 0.823. The standard InChI is InChI=1S/C8H5BrN2/c9-8-4-7-6(5-11-8)2-1-3-10-7/h1-5H. The molecule has 0 unspecified atom stereocenters. The van der Waals surface area contributed by atoms with Gasteiger partial charge in [0.2, 0.25) is 0 Å². The van der Waals surface area contributed by atoms with E-state index in [0.29, 0.717) is 0 Å². The molecule has 2 aromatic rings. The van der Waals surface area contributed by atoms with Crippen LogP contribution in [0, 0.1) is 0 Å². The predicted molar refractivity (Wildman–Crippen MR) is 47.2 cm³/mol. The number of pyridine rings is 2. The molecule has 0 aliphatic heterocycles. The molecule has 0 spiro atoms. The summed E-state index contributed by atoms with van der Waals surface area (Å²) in [4.78, 5) is 8.26. The molecule has 2 rings (SSSR count). The molecule has 0 saturated carbocycles. The molecule has 0 bridgehead atoms. The predicted octanol–water partition coefficient (Wildman–Crippen LogP) is 2.39. The van der Waals surface area contributed by atoms with Crippen molar-refractivity contribution in [1.82, 2.24) is 9.97 Å².